The Morgan fingerprint density at radius 2 is 1.58 bits per heavy atom. The van der Waals surface area contributed by atoms with Crippen molar-refractivity contribution < 1.29 is 14.6 Å². The van der Waals surface area contributed by atoms with Crippen LogP contribution in [0.3, 0.4) is 0 Å². The van der Waals surface area contributed by atoms with E-state index in [-0.39, 0.29) is 6.61 Å². The third-order valence-electron chi connectivity index (χ3n) is 6.60. The maximum Gasteiger partial charge on any atom is 0.127 e. The van der Waals surface area contributed by atoms with E-state index in [0.29, 0.717) is 12.5 Å². The van der Waals surface area contributed by atoms with Crippen LogP contribution in [0.1, 0.15) is 35.4 Å². The molecule has 33 heavy (non-hydrogen) atoms. The maximum absolute atomic E-state index is 10.5. The van der Waals surface area contributed by atoms with Crippen LogP contribution < -0.4 is 15.2 Å². The molecule has 5 nitrogen and oxygen atoms in total. The predicted molar refractivity (Wildman–Crippen MR) is 133 cm³/mol. The maximum atomic E-state index is 10.5. The Morgan fingerprint density at radius 3 is 2.27 bits per heavy atom. The molecule has 0 amide bonds. The van der Waals surface area contributed by atoms with Crippen molar-refractivity contribution in [3.8, 4) is 17.2 Å². The third kappa shape index (κ3) is 6.06. The Hall–Kier alpha value is -3.02. The number of nitrogens with two attached hydrogens (primary N) is 1. The van der Waals surface area contributed by atoms with Gasteiger partial charge in [-0.1, -0.05) is 30.3 Å². The summed E-state index contributed by atoms with van der Waals surface area (Å²) in [7, 11) is 0. The van der Waals surface area contributed by atoms with Gasteiger partial charge in [-0.25, -0.2) is 0 Å². The van der Waals surface area contributed by atoms with Gasteiger partial charge < -0.3 is 25.2 Å². The number of likely N-dealkylation sites (tertiary alicyclic amines) is 1. The smallest absolute Gasteiger partial charge is 0.127 e. The van der Waals surface area contributed by atoms with Crippen molar-refractivity contribution in [1.29, 1.82) is 0 Å². The second kappa shape index (κ2) is 10.7. The SMILES string of the molecule is Cc1c(N)ccc(OC[C@@H](O)CN2CCC(c3ccc(Oc4ccccc4)cc3)CC2)c1C. The zero-order valence-electron chi connectivity index (χ0n) is 19.5. The van der Waals surface area contributed by atoms with Gasteiger partial charge in [0.25, 0.3) is 0 Å². The lowest BCUT2D eigenvalue weighted by molar-refractivity contribution is 0.0592. The number of benzene rings is 3. The number of aliphatic hydroxyl groups excluding tert-OH is 1. The summed E-state index contributed by atoms with van der Waals surface area (Å²) in [4.78, 5) is 2.33. The molecule has 3 aromatic rings. The summed E-state index contributed by atoms with van der Waals surface area (Å²) in [6.45, 7) is 6.85. The highest BCUT2D eigenvalue weighted by Crippen LogP contribution is 2.30. The number of β-amino-alcohol motifs (C(OH)–C–C–N with tert-alkyl or cyclic N) is 1. The summed E-state index contributed by atoms with van der Waals surface area (Å²) < 4.78 is 11.8. The zero-order chi connectivity index (χ0) is 23.2. The summed E-state index contributed by atoms with van der Waals surface area (Å²) in [5.74, 6) is 3.04. The highest BCUT2D eigenvalue weighted by Gasteiger charge is 2.22. The summed E-state index contributed by atoms with van der Waals surface area (Å²) in [5.41, 5.74) is 10.1. The van der Waals surface area contributed by atoms with Crippen molar-refractivity contribution in [2.24, 2.45) is 0 Å². The summed E-state index contributed by atoms with van der Waals surface area (Å²) >= 11 is 0. The molecular formula is C28H34N2O3. The van der Waals surface area contributed by atoms with E-state index in [9.17, 15) is 5.11 Å². The number of hydrogen-bond donors (Lipinski definition) is 2. The number of piperidine rings is 1. The molecule has 1 fully saturated rings. The van der Waals surface area contributed by atoms with Crippen LogP contribution >= 0.6 is 0 Å². The lowest BCUT2D eigenvalue weighted by Crippen LogP contribution is -2.40. The van der Waals surface area contributed by atoms with Crippen molar-refractivity contribution >= 4 is 5.69 Å². The van der Waals surface area contributed by atoms with E-state index in [4.69, 9.17) is 15.2 Å². The second-order valence-corrected chi connectivity index (χ2v) is 8.93. The van der Waals surface area contributed by atoms with Gasteiger partial charge in [-0.15, -0.1) is 0 Å². The molecular weight excluding hydrogens is 412 g/mol. The van der Waals surface area contributed by atoms with Crippen LogP contribution in [0.5, 0.6) is 17.2 Å². The lowest BCUT2D eigenvalue weighted by Gasteiger charge is -2.33. The monoisotopic (exact) mass is 446 g/mol. The van der Waals surface area contributed by atoms with E-state index in [0.717, 1.165) is 60.0 Å². The van der Waals surface area contributed by atoms with Crippen molar-refractivity contribution in [3.05, 3.63) is 83.4 Å². The molecule has 0 aromatic heterocycles. The summed E-state index contributed by atoms with van der Waals surface area (Å²) in [6, 6.07) is 22.0. The Bertz CT molecular complexity index is 1030. The zero-order valence-corrected chi connectivity index (χ0v) is 19.5. The van der Waals surface area contributed by atoms with E-state index in [1.165, 1.54) is 5.56 Å². The first-order valence-electron chi connectivity index (χ1n) is 11.7. The number of para-hydroxylation sites is 1. The second-order valence-electron chi connectivity index (χ2n) is 8.93. The molecule has 0 spiro atoms. The Balaban J connectivity index is 1.22. The summed E-state index contributed by atoms with van der Waals surface area (Å²) in [6.07, 6.45) is 1.65. The van der Waals surface area contributed by atoms with Gasteiger partial charge in [-0.2, -0.15) is 0 Å². The first-order valence-corrected chi connectivity index (χ1v) is 11.7. The highest BCUT2D eigenvalue weighted by atomic mass is 16.5. The first-order chi connectivity index (χ1) is 16.0. The van der Waals surface area contributed by atoms with Gasteiger partial charge in [0.1, 0.15) is 30.0 Å². The normalized spacial score (nSPS) is 15.8. The average Bonchev–Trinajstić information content (AvgIpc) is 2.84. The minimum atomic E-state index is -0.520. The molecule has 1 heterocycles. The molecule has 1 atom stereocenters. The number of nitrogen functional groups attached to an aromatic ring is 1. The molecule has 0 aliphatic carbocycles. The van der Waals surface area contributed by atoms with Gasteiger partial charge in [0.15, 0.2) is 0 Å². The molecule has 0 saturated carbocycles. The van der Waals surface area contributed by atoms with Crippen molar-refractivity contribution in [2.75, 3.05) is 32.0 Å². The molecule has 0 unspecified atom stereocenters. The number of aliphatic hydroxyl groups is 1. The Morgan fingerprint density at radius 1 is 0.909 bits per heavy atom. The molecule has 174 valence electrons. The molecule has 0 radical (unpaired) electrons. The lowest BCUT2D eigenvalue weighted by atomic mass is 9.89. The fourth-order valence-corrected chi connectivity index (χ4v) is 4.39. The molecule has 1 saturated heterocycles. The van der Waals surface area contributed by atoms with E-state index in [2.05, 4.69) is 29.2 Å². The molecule has 1 aliphatic rings. The molecule has 5 heteroatoms. The van der Waals surface area contributed by atoms with Gasteiger partial charge in [-0.05, 0) is 98.8 Å². The van der Waals surface area contributed by atoms with Gasteiger partial charge in [0, 0.05) is 12.2 Å². The van der Waals surface area contributed by atoms with Crippen molar-refractivity contribution in [1.82, 2.24) is 4.90 Å². The van der Waals surface area contributed by atoms with Crippen LogP contribution in [-0.4, -0.2) is 42.4 Å². The van der Waals surface area contributed by atoms with Gasteiger partial charge in [-0.3, -0.25) is 0 Å². The number of hydrogen-bond acceptors (Lipinski definition) is 5. The molecule has 4 rings (SSSR count). The van der Waals surface area contributed by atoms with Crippen LogP contribution in [0.4, 0.5) is 5.69 Å². The minimum Gasteiger partial charge on any atom is -0.491 e. The molecule has 3 N–H and O–H groups in total. The number of rotatable bonds is 8. The van der Waals surface area contributed by atoms with E-state index < -0.39 is 6.10 Å². The topological polar surface area (TPSA) is 68.0 Å². The first kappa shape index (κ1) is 23.1. The average molecular weight is 447 g/mol. The van der Waals surface area contributed by atoms with Crippen LogP contribution in [0.2, 0.25) is 0 Å². The number of ether oxygens (including phenoxy) is 2. The van der Waals surface area contributed by atoms with Crippen LogP contribution in [0.15, 0.2) is 66.7 Å². The quantitative estimate of drug-likeness (QED) is 0.460. The number of nitrogens with zero attached hydrogens (tertiary/aromatic N) is 1. The van der Waals surface area contributed by atoms with E-state index >= 15 is 0 Å². The van der Waals surface area contributed by atoms with Crippen molar-refractivity contribution in [3.63, 3.8) is 0 Å². The molecule has 0 bridgehead atoms. The standard InChI is InChI=1S/C28H34N2O3/c1-20-21(2)28(13-12-27(20)29)32-19-24(31)18-30-16-14-23(15-17-30)22-8-10-26(11-9-22)33-25-6-4-3-5-7-25/h3-13,23-24,31H,14-19,29H2,1-2H3/t24-/m0/s1. The Labute approximate surface area is 196 Å². The molecule has 1 aliphatic heterocycles. The minimum absolute atomic E-state index is 0.285. The van der Waals surface area contributed by atoms with E-state index in [1.54, 1.807) is 0 Å². The van der Waals surface area contributed by atoms with Gasteiger partial charge >= 0.3 is 0 Å². The van der Waals surface area contributed by atoms with Crippen LogP contribution in [0.25, 0.3) is 0 Å². The van der Waals surface area contributed by atoms with Crippen LogP contribution in [0, 0.1) is 13.8 Å². The van der Waals surface area contributed by atoms with Gasteiger partial charge in [0.05, 0.1) is 0 Å². The number of anilines is 1. The largest absolute Gasteiger partial charge is 0.491 e. The third-order valence-corrected chi connectivity index (χ3v) is 6.60. The van der Waals surface area contributed by atoms with Gasteiger partial charge in [0.2, 0.25) is 0 Å². The van der Waals surface area contributed by atoms with Crippen molar-refractivity contribution in [2.45, 2.75) is 38.7 Å². The summed E-state index contributed by atoms with van der Waals surface area (Å²) in [5, 5.41) is 10.5. The highest BCUT2D eigenvalue weighted by molar-refractivity contribution is 5.55. The van der Waals surface area contributed by atoms with Crippen LogP contribution in [-0.2, 0) is 0 Å². The fraction of sp³-hybridized carbons (Fsp3) is 0.357. The Kier molecular flexibility index (Phi) is 7.53. The van der Waals surface area contributed by atoms with E-state index in [1.807, 2.05) is 56.3 Å². The fourth-order valence-electron chi connectivity index (χ4n) is 4.39. The molecule has 3 aromatic carbocycles. The predicted octanol–water partition coefficient (Wildman–Crippen LogP) is 5.30.